The number of amides is 1. The normalized spacial score (nSPS) is 16.8. The van der Waals surface area contributed by atoms with Crippen molar-refractivity contribution < 1.29 is 4.79 Å². The van der Waals surface area contributed by atoms with Crippen LogP contribution in [0.25, 0.3) is 5.65 Å². The molecule has 1 fully saturated rings. The van der Waals surface area contributed by atoms with Crippen LogP contribution in [0.2, 0.25) is 0 Å². The van der Waals surface area contributed by atoms with Gasteiger partial charge in [-0.05, 0) is 18.9 Å². The molecular formula is C13H16N4O. The van der Waals surface area contributed by atoms with Crippen molar-refractivity contribution in [1.29, 1.82) is 0 Å². The van der Waals surface area contributed by atoms with Crippen LogP contribution in [0.5, 0.6) is 0 Å². The highest BCUT2D eigenvalue weighted by atomic mass is 16.2. The highest BCUT2D eigenvalue weighted by Crippen LogP contribution is 2.13. The lowest BCUT2D eigenvalue weighted by molar-refractivity contribution is 0.0752. The van der Waals surface area contributed by atoms with Gasteiger partial charge in [-0.1, -0.05) is 12.8 Å². The number of aromatic nitrogens is 3. The molecule has 5 heteroatoms. The van der Waals surface area contributed by atoms with Crippen molar-refractivity contribution in [2.24, 2.45) is 0 Å². The molecule has 0 aromatic carbocycles. The van der Waals surface area contributed by atoms with Gasteiger partial charge in [0.25, 0.3) is 5.91 Å². The fourth-order valence-electron chi connectivity index (χ4n) is 2.43. The highest BCUT2D eigenvalue weighted by molar-refractivity contribution is 5.93. The molecule has 1 saturated heterocycles. The van der Waals surface area contributed by atoms with E-state index in [4.69, 9.17) is 0 Å². The molecular weight excluding hydrogens is 228 g/mol. The van der Waals surface area contributed by atoms with E-state index in [2.05, 4.69) is 10.1 Å². The van der Waals surface area contributed by atoms with Crippen molar-refractivity contribution in [3.05, 3.63) is 30.2 Å². The fourth-order valence-corrected chi connectivity index (χ4v) is 2.43. The third-order valence-corrected chi connectivity index (χ3v) is 3.40. The van der Waals surface area contributed by atoms with Crippen LogP contribution < -0.4 is 0 Å². The average molecular weight is 244 g/mol. The number of rotatable bonds is 1. The van der Waals surface area contributed by atoms with Crippen LogP contribution in [0, 0.1) is 0 Å². The monoisotopic (exact) mass is 244 g/mol. The Morgan fingerprint density at radius 3 is 2.61 bits per heavy atom. The quantitative estimate of drug-likeness (QED) is 0.768. The first-order chi connectivity index (χ1) is 8.86. The number of carbonyl (C=O) groups is 1. The minimum atomic E-state index is 0.0630. The Bertz CT molecular complexity index is 555. The lowest BCUT2D eigenvalue weighted by Crippen LogP contribution is -2.33. The summed E-state index contributed by atoms with van der Waals surface area (Å²) in [4.78, 5) is 18.6. The zero-order valence-corrected chi connectivity index (χ0v) is 10.2. The van der Waals surface area contributed by atoms with E-state index in [9.17, 15) is 4.79 Å². The summed E-state index contributed by atoms with van der Waals surface area (Å²) in [5.74, 6) is 0.0630. The van der Waals surface area contributed by atoms with Gasteiger partial charge < -0.3 is 4.90 Å². The lowest BCUT2D eigenvalue weighted by Gasteiger charge is -2.20. The topological polar surface area (TPSA) is 50.5 Å². The van der Waals surface area contributed by atoms with Crippen LogP contribution in [-0.2, 0) is 0 Å². The van der Waals surface area contributed by atoms with Gasteiger partial charge >= 0.3 is 0 Å². The Morgan fingerprint density at radius 1 is 1.06 bits per heavy atom. The fraction of sp³-hybridized carbons (Fsp3) is 0.462. The van der Waals surface area contributed by atoms with Gasteiger partial charge in [0.1, 0.15) is 5.69 Å². The molecule has 18 heavy (non-hydrogen) atoms. The molecule has 1 aliphatic heterocycles. The summed E-state index contributed by atoms with van der Waals surface area (Å²) in [5.41, 5.74) is 1.32. The van der Waals surface area contributed by atoms with Crippen molar-refractivity contribution in [3.8, 4) is 0 Å². The third-order valence-electron chi connectivity index (χ3n) is 3.40. The van der Waals surface area contributed by atoms with Gasteiger partial charge in [0, 0.05) is 25.4 Å². The Labute approximate surface area is 105 Å². The molecule has 1 amide bonds. The summed E-state index contributed by atoms with van der Waals surface area (Å²) in [5, 5.41) is 4.16. The smallest absolute Gasteiger partial charge is 0.272 e. The summed E-state index contributed by atoms with van der Waals surface area (Å²) in [6.45, 7) is 1.70. The van der Waals surface area contributed by atoms with E-state index in [1.807, 2.05) is 4.90 Å². The molecule has 94 valence electrons. The summed E-state index contributed by atoms with van der Waals surface area (Å²) < 4.78 is 1.62. The van der Waals surface area contributed by atoms with Crippen molar-refractivity contribution >= 4 is 11.6 Å². The number of hydrogen-bond donors (Lipinski definition) is 0. The van der Waals surface area contributed by atoms with Gasteiger partial charge in [-0.2, -0.15) is 5.10 Å². The minimum absolute atomic E-state index is 0.0630. The standard InChI is InChI=1S/C13H16N4O/c18-13(16-9-3-1-2-4-10-16)11-5-7-14-12-6-8-15-17(11)12/h5-8H,1-4,9-10H2. The molecule has 1 aliphatic rings. The van der Waals surface area contributed by atoms with Gasteiger partial charge in [-0.3, -0.25) is 4.79 Å². The maximum atomic E-state index is 12.5. The van der Waals surface area contributed by atoms with E-state index in [0.29, 0.717) is 5.69 Å². The van der Waals surface area contributed by atoms with Gasteiger partial charge in [-0.25, -0.2) is 9.50 Å². The maximum absolute atomic E-state index is 12.5. The second-order valence-corrected chi connectivity index (χ2v) is 4.64. The van der Waals surface area contributed by atoms with Gasteiger partial charge in [-0.15, -0.1) is 0 Å². The van der Waals surface area contributed by atoms with Crippen LogP contribution in [0.1, 0.15) is 36.2 Å². The SMILES string of the molecule is O=C(c1ccnc2ccnn12)N1CCCCCC1. The second kappa shape index (κ2) is 4.76. The van der Waals surface area contributed by atoms with Crippen LogP contribution in [0.15, 0.2) is 24.5 Å². The summed E-state index contributed by atoms with van der Waals surface area (Å²) >= 11 is 0. The molecule has 0 N–H and O–H groups in total. The Kier molecular flexibility index (Phi) is 2.96. The Morgan fingerprint density at radius 2 is 1.83 bits per heavy atom. The highest BCUT2D eigenvalue weighted by Gasteiger charge is 2.19. The molecule has 3 rings (SSSR count). The van der Waals surface area contributed by atoms with E-state index in [-0.39, 0.29) is 5.91 Å². The number of hydrogen-bond acceptors (Lipinski definition) is 3. The molecule has 0 saturated carbocycles. The lowest BCUT2D eigenvalue weighted by atomic mass is 10.2. The third kappa shape index (κ3) is 1.96. The zero-order valence-electron chi connectivity index (χ0n) is 10.2. The molecule has 0 unspecified atom stereocenters. The van der Waals surface area contributed by atoms with Crippen LogP contribution in [0.4, 0.5) is 0 Å². The molecule has 0 atom stereocenters. The van der Waals surface area contributed by atoms with Crippen LogP contribution in [-0.4, -0.2) is 38.5 Å². The first-order valence-electron chi connectivity index (χ1n) is 6.44. The van der Waals surface area contributed by atoms with E-state index < -0.39 is 0 Å². The van der Waals surface area contributed by atoms with Crippen molar-refractivity contribution in [2.45, 2.75) is 25.7 Å². The van der Waals surface area contributed by atoms with Crippen LogP contribution in [0.3, 0.4) is 0 Å². The molecule has 0 aliphatic carbocycles. The number of fused-ring (bicyclic) bond motifs is 1. The van der Waals surface area contributed by atoms with Crippen molar-refractivity contribution in [2.75, 3.05) is 13.1 Å². The Balaban J connectivity index is 1.93. The zero-order chi connectivity index (χ0) is 12.4. The predicted molar refractivity (Wildman–Crippen MR) is 67.4 cm³/mol. The van der Waals surface area contributed by atoms with Gasteiger partial charge in [0.05, 0.1) is 6.20 Å². The maximum Gasteiger partial charge on any atom is 0.272 e. The molecule has 0 spiro atoms. The summed E-state index contributed by atoms with van der Waals surface area (Å²) in [7, 11) is 0. The largest absolute Gasteiger partial charge is 0.337 e. The number of nitrogens with zero attached hydrogens (tertiary/aromatic N) is 4. The van der Waals surface area contributed by atoms with Gasteiger partial charge in [0.15, 0.2) is 5.65 Å². The molecule has 3 heterocycles. The minimum Gasteiger partial charge on any atom is -0.337 e. The Hall–Kier alpha value is -1.91. The molecule has 2 aromatic rings. The predicted octanol–water partition coefficient (Wildman–Crippen LogP) is 1.75. The second-order valence-electron chi connectivity index (χ2n) is 4.64. The molecule has 2 aromatic heterocycles. The van der Waals surface area contributed by atoms with Crippen LogP contribution >= 0.6 is 0 Å². The molecule has 5 nitrogen and oxygen atoms in total. The number of carbonyl (C=O) groups excluding carboxylic acids is 1. The summed E-state index contributed by atoms with van der Waals surface area (Å²) in [6, 6.07) is 3.55. The van der Waals surface area contributed by atoms with E-state index in [1.165, 1.54) is 12.8 Å². The number of likely N-dealkylation sites (tertiary alicyclic amines) is 1. The summed E-state index contributed by atoms with van der Waals surface area (Å²) in [6.07, 6.45) is 7.97. The van der Waals surface area contributed by atoms with E-state index >= 15 is 0 Å². The first kappa shape index (κ1) is 11.2. The molecule has 0 bridgehead atoms. The van der Waals surface area contributed by atoms with E-state index in [1.54, 1.807) is 29.0 Å². The van der Waals surface area contributed by atoms with E-state index in [0.717, 1.165) is 31.6 Å². The van der Waals surface area contributed by atoms with Gasteiger partial charge in [0.2, 0.25) is 0 Å². The average Bonchev–Trinajstić information content (AvgIpc) is 2.71. The first-order valence-corrected chi connectivity index (χ1v) is 6.44. The molecule has 0 radical (unpaired) electrons. The van der Waals surface area contributed by atoms with Crippen molar-refractivity contribution in [1.82, 2.24) is 19.5 Å². The van der Waals surface area contributed by atoms with Crippen molar-refractivity contribution in [3.63, 3.8) is 0 Å².